The fraction of sp³-hybridized carbons (Fsp3) is 0.250. The molecule has 0 saturated heterocycles. The minimum atomic E-state index is 0.639. The van der Waals surface area contributed by atoms with Crippen molar-refractivity contribution in [1.29, 1.82) is 0 Å². The molecule has 0 radical (unpaired) electrons. The van der Waals surface area contributed by atoms with E-state index >= 15 is 0 Å². The zero-order valence-corrected chi connectivity index (χ0v) is 12.4. The summed E-state index contributed by atoms with van der Waals surface area (Å²) >= 11 is 18.3. The van der Waals surface area contributed by atoms with E-state index in [0.717, 1.165) is 22.7 Å². The second-order valence-electron chi connectivity index (χ2n) is 3.50. The SMILES string of the molecule is CCc1nc(-c2c(Cl)cccc2Cl)sc1CS. The average Bonchev–Trinajstić information content (AvgIpc) is 2.72. The first kappa shape index (κ1) is 13.2. The molecule has 2 rings (SSSR count). The first-order chi connectivity index (χ1) is 8.17. The molecule has 0 fully saturated rings. The van der Waals surface area contributed by atoms with Crippen LogP contribution in [0.2, 0.25) is 10.0 Å². The normalized spacial score (nSPS) is 10.8. The number of thiazole rings is 1. The third-order valence-corrected chi connectivity index (χ3v) is 4.71. The Bertz CT molecular complexity index is 496. The first-order valence-electron chi connectivity index (χ1n) is 5.21. The Morgan fingerprint density at radius 3 is 2.41 bits per heavy atom. The summed E-state index contributed by atoms with van der Waals surface area (Å²) in [7, 11) is 0. The summed E-state index contributed by atoms with van der Waals surface area (Å²) in [6.07, 6.45) is 0.897. The van der Waals surface area contributed by atoms with Crippen molar-refractivity contribution < 1.29 is 0 Å². The topological polar surface area (TPSA) is 12.9 Å². The molecule has 0 unspecified atom stereocenters. The lowest BCUT2D eigenvalue weighted by atomic mass is 10.2. The highest BCUT2D eigenvalue weighted by molar-refractivity contribution is 7.79. The molecule has 0 aliphatic heterocycles. The molecule has 5 heteroatoms. The molecule has 17 heavy (non-hydrogen) atoms. The smallest absolute Gasteiger partial charge is 0.126 e. The van der Waals surface area contributed by atoms with Gasteiger partial charge in [-0.3, -0.25) is 0 Å². The van der Waals surface area contributed by atoms with E-state index in [-0.39, 0.29) is 0 Å². The number of thiol groups is 1. The van der Waals surface area contributed by atoms with Crippen molar-refractivity contribution in [3.8, 4) is 10.6 Å². The summed E-state index contributed by atoms with van der Waals surface area (Å²) in [6, 6.07) is 5.49. The van der Waals surface area contributed by atoms with Crippen LogP contribution in [0.4, 0.5) is 0 Å². The van der Waals surface area contributed by atoms with E-state index in [2.05, 4.69) is 24.5 Å². The summed E-state index contributed by atoms with van der Waals surface area (Å²) in [6.45, 7) is 2.08. The standard InChI is InChI=1S/C12H11Cl2NS2/c1-2-9-10(6-16)17-12(15-9)11-7(13)4-3-5-8(11)14/h3-5,16H,2,6H2,1H3. The molecule has 0 aliphatic carbocycles. The maximum atomic E-state index is 6.18. The first-order valence-corrected chi connectivity index (χ1v) is 7.41. The van der Waals surface area contributed by atoms with Gasteiger partial charge >= 0.3 is 0 Å². The van der Waals surface area contributed by atoms with Gasteiger partial charge in [-0.1, -0.05) is 36.2 Å². The van der Waals surface area contributed by atoms with Gasteiger partial charge in [-0.2, -0.15) is 12.6 Å². The molecule has 0 aliphatic rings. The molecule has 1 aromatic carbocycles. The molecule has 0 amide bonds. The van der Waals surface area contributed by atoms with E-state index in [1.807, 2.05) is 18.2 Å². The number of benzene rings is 1. The molecule has 2 aromatic rings. The molecule has 1 heterocycles. The van der Waals surface area contributed by atoms with Crippen LogP contribution in [0.3, 0.4) is 0 Å². The molecular weight excluding hydrogens is 293 g/mol. The Balaban J connectivity index is 2.57. The summed E-state index contributed by atoms with van der Waals surface area (Å²) in [5.74, 6) is 0.697. The summed E-state index contributed by atoms with van der Waals surface area (Å²) < 4.78 is 0. The maximum Gasteiger partial charge on any atom is 0.126 e. The van der Waals surface area contributed by atoms with Gasteiger partial charge in [-0.05, 0) is 18.6 Å². The number of rotatable bonds is 3. The van der Waals surface area contributed by atoms with Crippen LogP contribution in [-0.2, 0) is 12.2 Å². The third kappa shape index (κ3) is 2.63. The summed E-state index contributed by atoms with van der Waals surface area (Å²) in [4.78, 5) is 5.77. The lowest BCUT2D eigenvalue weighted by Crippen LogP contribution is -1.85. The van der Waals surface area contributed by atoms with E-state index in [9.17, 15) is 0 Å². The zero-order chi connectivity index (χ0) is 12.4. The van der Waals surface area contributed by atoms with Crippen LogP contribution in [0, 0.1) is 0 Å². The molecule has 0 saturated carbocycles. The van der Waals surface area contributed by atoms with Crippen LogP contribution < -0.4 is 0 Å². The van der Waals surface area contributed by atoms with E-state index in [1.165, 1.54) is 4.88 Å². The van der Waals surface area contributed by atoms with Crippen LogP contribution >= 0.6 is 47.2 Å². The van der Waals surface area contributed by atoms with E-state index < -0.39 is 0 Å². The quantitative estimate of drug-likeness (QED) is 0.778. The molecule has 0 spiro atoms. The van der Waals surface area contributed by atoms with Crippen LogP contribution in [0.15, 0.2) is 18.2 Å². The highest BCUT2D eigenvalue weighted by Gasteiger charge is 2.15. The fourth-order valence-corrected chi connectivity index (χ4v) is 3.74. The summed E-state index contributed by atoms with van der Waals surface area (Å²) in [5, 5.41) is 2.15. The summed E-state index contributed by atoms with van der Waals surface area (Å²) in [5.41, 5.74) is 1.90. The van der Waals surface area contributed by atoms with Crippen molar-refractivity contribution in [2.24, 2.45) is 0 Å². The lowest BCUT2D eigenvalue weighted by molar-refractivity contribution is 1.04. The van der Waals surface area contributed by atoms with Gasteiger partial charge in [0.05, 0.1) is 15.7 Å². The van der Waals surface area contributed by atoms with Crippen molar-refractivity contribution in [2.75, 3.05) is 0 Å². The van der Waals surface area contributed by atoms with Crippen LogP contribution in [0.25, 0.3) is 10.6 Å². The van der Waals surface area contributed by atoms with Gasteiger partial charge in [0.1, 0.15) is 5.01 Å². The van der Waals surface area contributed by atoms with Gasteiger partial charge in [0.25, 0.3) is 0 Å². The fourth-order valence-electron chi connectivity index (χ4n) is 1.59. The van der Waals surface area contributed by atoms with Gasteiger partial charge in [0.2, 0.25) is 0 Å². The highest BCUT2D eigenvalue weighted by atomic mass is 35.5. The number of halogens is 2. The molecule has 0 bridgehead atoms. The van der Waals surface area contributed by atoms with Crippen molar-refractivity contribution >= 4 is 47.2 Å². The third-order valence-electron chi connectivity index (χ3n) is 2.43. The largest absolute Gasteiger partial charge is 0.241 e. The van der Waals surface area contributed by atoms with Crippen molar-refractivity contribution in [2.45, 2.75) is 19.1 Å². The second-order valence-corrected chi connectivity index (χ2v) is 5.71. The molecule has 90 valence electrons. The second kappa shape index (κ2) is 5.61. The Morgan fingerprint density at radius 1 is 1.29 bits per heavy atom. The van der Waals surface area contributed by atoms with Crippen LogP contribution in [0.1, 0.15) is 17.5 Å². The van der Waals surface area contributed by atoms with Crippen LogP contribution in [-0.4, -0.2) is 4.98 Å². The average molecular weight is 304 g/mol. The van der Waals surface area contributed by atoms with Crippen molar-refractivity contribution in [3.05, 3.63) is 38.8 Å². The minimum absolute atomic E-state index is 0.639. The Hall–Kier alpha value is -0.220. The van der Waals surface area contributed by atoms with E-state index in [1.54, 1.807) is 11.3 Å². The Morgan fingerprint density at radius 2 is 1.94 bits per heavy atom. The maximum absolute atomic E-state index is 6.18. The number of aromatic nitrogens is 1. The molecule has 1 aromatic heterocycles. The van der Waals surface area contributed by atoms with Gasteiger partial charge in [-0.15, -0.1) is 11.3 Å². The Kier molecular flexibility index (Phi) is 4.36. The zero-order valence-electron chi connectivity index (χ0n) is 9.20. The number of nitrogens with zero attached hydrogens (tertiary/aromatic N) is 1. The molecular formula is C12H11Cl2NS2. The number of aryl methyl sites for hydroxylation is 1. The molecule has 0 atom stereocenters. The molecule has 0 N–H and O–H groups in total. The van der Waals surface area contributed by atoms with Gasteiger partial charge in [0, 0.05) is 16.2 Å². The van der Waals surface area contributed by atoms with E-state index in [0.29, 0.717) is 15.8 Å². The molecule has 1 nitrogen and oxygen atoms in total. The predicted molar refractivity (Wildman–Crippen MR) is 79.6 cm³/mol. The van der Waals surface area contributed by atoms with Crippen LogP contribution in [0.5, 0.6) is 0 Å². The highest BCUT2D eigenvalue weighted by Crippen LogP contribution is 2.38. The monoisotopic (exact) mass is 303 g/mol. The van der Waals surface area contributed by atoms with Gasteiger partial charge in [0.15, 0.2) is 0 Å². The minimum Gasteiger partial charge on any atom is -0.241 e. The lowest BCUT2D eigenvalue weighted by Gasteiger charge is -2.02. The van der Waals surface area contributed by atoms with Gasteiger partial charge < -0.3 is 0 Å². The van der Waals surface area contributed by atoms with Crippen molar-refractivity contribution in [1.82, 2.24) is 4.98 Å². The Labute approximate surface area is 120 Å². The van der Waals surface area contributed by atoms with Gasteiger partial charge in [-0.25, -0.2) is 4.98 Å². The predicted octanol–water partition coefficient (Wildman–Crippen LogP) is 5.11. The number of hydrogen-bond donors (Lipinski definition) is 1. The van der Waals surface area contributed by atoms with E-state index in [4.69, 9.17) is 23.2 Å². The number of hydrogen-bond acceptors (Lipinski definition) is 3. The van der Waals surface area contributed by atoms with Crippen molar-refractivity contribution in [3.63, 3.8) is 0 Å².